The van der Waals surface area contributed by atoms with Crippen molar-refractivity contribution in [2.75, 3.05) is 7.05 Å². The van der Waals surface area contributed by atoms with Gasteiger partial charge in [0.25, 0.3) is 9.05 Å². The molecule has 6 nitrogen and oxygen atoms in total. The van der Waals surface area contributed by atoms with Gasteiger partial charge in [-0.2, -0.15) is 0 Å². The van der Waals surface area contributed by atoms with E-state index in [-0.39, 0.29) is 23.5 Å². The van der Waals surface area contributed by atoms with Crippen LogP contribution in [0.25, 0.3) is 0 Å². The van der Waals surface area contributed by atoms with Gasteiger partial charge in [-0.1, -0.05) is 0 Å². The van der Waals surface area contributed by atoms with E-state index in [4.69, 9.17) is 10.7 Å². The topological polar surface area (TPSA) is 72.3 Å². The summed E-state index contributed by atoms with van der Waals surface area (Å²) in [6.45, 7) is 5.45. The fourth-order valence-corrected chi connectivity index (χ4v) is 2.02. The molecular formula is C10H16ClN3O3S. The highest BCUT2D eigenvalue weighted by atomic mass is 35.7. The molecule has 1 rings (SSSR count). The van der Waals surface area contributed by atoms with E-state index in [2.05, 4.69) is 4.98 Å². The third-order valence-corrected chi connectivity index (χ3v) is 3.85. The second-order valence-electron chi connectivity index (χ2n) is 4.29. The van der Waals surface area contributed by atoms with Gasteiger partial charge in [0.05, 0.1) is 0 Å². The van der Waals surface area contributed by atoms with Crippen LogP contribution in [0.1, 0.15) is 19.7 Å². The summed E-state index contributed by atoms with van der Waals surface area (Å²) in [6.07, 6.45) is 1.27. The van der Waals surface area contributed by atoms with Crippen LogP contribution in [-0.4, -0.2) is 41.9 Å². The summed E-state index contributed by atoms with van der Waals surface area (Å²) < 4.78 is 23.7. The Kier molecular flexibility index (Phi) is 4.39. The average Bonchev–Trinajstić information content (AvgIpc) is 2.58. The number of rotatable bonds is 4. The summed E-state index contributed by atoms with van der Waals surface area (Å²) in [4.78, 5) is 17.2. The summed E-state index contributed by atoms with van der Waals surface area (Å²) in [5.41, 5.74) is 0. The molecule has 1 amide bonds. The quantitative estimate of drug-likeness (QED) is 0.776. The first-order valence-electron chi connectivity index (χ1n) is 5.37. The Morgan fingerprint density at radius 3 is 2.50 bits per heavy atom. The summed E-state index contributed by atoms with van der Waals surface area (Å²) in [7, 11) is 3.03. The van der Waals surface area contributed by atoms with Gasteiger partial charge < -0.3 is 9.47 Å². The van der Waals surface area contributed by atoms with Crippen molar-refractivity contribution in [3.05, 3.63) is 12.0 Å². The van der Waals surface area contributed by atoms with Gasteiger partial charge in [-0.3, -0.25) is 4.79 Å². The average molecular weight is 294 g/mol. The Morgan fingerprint density at radius 2 is 2.11 bits per heavy atom. The molecule has 1 aromatic heterocycles. The monoisotopic (exact) mass is 293 g/mol. The first-order valence-corrected chi connectivity index (χ1v) is 7.68. The van der Waals surface area contributed by atoms with Gasteiger partial charge in [-0.15, -0.1) is 0 Å². The zero-order valence-corrected chi connectivity index (χ0v) is 12.3. The summed E-state index contributed by atoms with van der Waals surface area (Å²) >= 11 is 0. The zero-order valence-electron chi connectivity index (χ0n) is 10.7. The predicted octanol–water partition coefficient (Wildman–Crippen LogP) is 0.986. The molecule has 0 aliphatic carbocycles. The highest BCUT2D eigenvalue weighted by Gasteiger charge is 2.19. The highest BCUT2D eigenvalue weighted by Crippen LogP contribution is 2.14. The summed E-state index contributed by atoms with van der Waals surface area (Å²) in [6, 6.07) is 0.0811. The van der Waals surface area contributed by atoms with E-state index < -0.39 is 9.05 Å². The molecule has 0 N–H and O–H groups in total. The standard InChI is InChI=1S/C10H16ClN3O3S/c1-7(2)13(4)10(15)6-14-5-9(12-8(14)3)18(11,16)17/h5,7H,6H2,1-4H3. The molecule has 0 aromatic carbocycles. The number of likely N-dealkylation sites (N-methyl/N-ethyl adjacent to an activating group) is 1. The molecule has 0 spiro atoms. The maximum absolute atomic E-state index is 11.9. The van der Waals surface area contributed by atoms with E-state index >= 15 is 0 Å². The van der Waals surface area contributed by atoms with E-state index in [9.17, 15) is 13.2 Å². The number of aromatic nitrogens is 2. The van der Waals surface area contributed by atoms with Crippen molar-refractivity contribution in [3.63, 3.8) is 0 Å². The molecule has 0 unspecified atom stereocenters. The van der Waals surface area contributed by atoms with Crippen LogP contribution in [0, 0.1) is 6.92 Å². The lowest BCUT2D eigenvalue weighted by Crippen LogP contribution is -2.35. The van der Waals surface area contributed by atoms with E-state index in [1.54, 1.807) is 18.9 Å². The Labute approximate surface area is 111 Å². The molecule has 0 radical (unpaired) electrons. The molecule has 1 heterocycles. The SMILES string of the molecule is Cc1nc(S(=O)(=O)Cl)cn1CC(=O)N(C)C(C)C. The van der Waals surface area contributed by atoms with Gasteiger partial charge in [0.2, 0.25) is 5.91 Å². The van der Waals surface area contributed by atoms with Crippen molar-refractivity contribution in [1.82, 2.24) is 14.5 Å². The van der Waals surface area contributed by atoms with Crippen LogP contribution >= 0.6 is 10.7 Å². The fraction of sp³-hybridized carbons (Fsp3) is 0.600. The zero-order chi connectivity index (χ0) is 14.1. The normalized spacial score (nSPS) is 11.9. The van der Waals surface area contributed by atoms with Crippen LogP contribution < -0.4 is 0 Å². The Bertz CT molecular complexity index is 551. The maximum Gasteiger partial charge on any atom is 0.280 e. The smallest absolute Gasteiger partial charge is 0.280 e. The van der Waals surface area contributed by atoms with Gasteiger partial charge >= 0.3 is 0 Å². The van der Waals surface area contributed by atoms with Crippen molar-refractivity contribution in [2.45, 2.75) is 38.4 Å². The highest BCUT2D eigenvalue weighted by molar-refractivity contribution is 8.13. The molecule has 0 saturated carbocycles. The van der Waals surface area contributed by atoms with Crippen molar-refractivity contribution in [2.24, 2.45) is 0 Å². The second kappa shape index (κ2) is 5.27. The molecule has 8 heteroatoms. The minimum atomic E-state index is -3.86. The van der Waals surface area contributed by atoms with Crippen LogP contribution in [-0.2, 0) is 20.4 Å². The minimum Gasteiger partial charge on any atom is -0.342 e. The molecule has 0 aliphatic rings. The van der Waals surface area contributed by atoms with Gasteiger partial charge in [0.1, 0.15) is 12.4 Å². The maximum atomic E-state index is 11.9. The predicted molar refractivity (Wildman–Crippen MR) is 67.9 cm³/mol. The molecule has 18 heavy (non-hydrogen) atoms. The van der Waals surface area contributed by atoms with Gasteiger partial charge in [-0.05, 0) is 20.8 Å². The number of carbonyl (C=O) groups excluding carboxylic acids is 1. The molecule has 0 fully saturated rings. The second-order valence-corrected chi connectivity index (χ2v) is 6.80. The number of hydrogen-bond acceptors (Lipinski definition) is 4. The van der Waals surface area contributed by atoms with E-state index in [0.29, 0.717) is 5.82 Å². The van der Waals surface area contributed by atoms with Crippen LogP contribution in [0.3, 0.4) is 0 Å². The molecule has 0 atom stereocenters. The number of carbonyl (C=O) groups is 1. The molecule has 102 valence electrons. The number of amides is 1. The number of nitrogens with zero attached hydrogens (tertiary/aromatic N) is 3. The van der Waals surface area contributed by atoms with Crippen molar-refractivity contribution < 1.29 is 13.2 Å². The fourth-order valence-electron chi connectivity index (χ4n) is 1.30. The van der Waals surface area contributed by atoms with Gasteiger partial charge in [0.15, 0.2) is 5.03 Å². The van der Waals surface area contributed by atoms with E-state index in [1.807, 2.05) is 13.8 Å². The molecular weight excluding hydrogens is 278 g/mol. The Hall–Kier alpha value is -1.08. The lowest BCUT2D eigenvalue weighted by molar-refractivity contribution is -0.132. The Morgan fingerprint density at radius 1 is 1.56 bits per heavy atom. The van der Waals surface area contributed by atoms with Crippen LogP contribution in [0.5, 0.6) is 0 Å². The van der Waals surface area contributed by atoms with Gasteiger partial charge in [0, 0.05) is 30.0 Å². The minimum absolute atomic E-state index is 0.0416. The van der Waals surface area contributed by atoms with Crippen molar-refractivity contribution >= 4 is 25.6 Å². The summed E-state index contributed by atoms with van der Waals surface area (Å²) in [5, 5.41) is -0.235. The van der Waals surface area contributed by atoms with Crippen molar-refractivity contribution in [3.8, 4) is 0 Å². The number of hydrogen-bond donors (Lipinski definition) is 0. The van der Waals surface area contributed by atoms with E-state index in [1.165, 1.54) is 10.8 Å². The molecule has 1 aromatic rings. The van der Waals surface area contributed by atoms with Crippen LogP contribution in [0.2, 0.25) is 0 Å². The van der Waals surface area contributed by atoms with E-state index in [0.717, 1.165) is 0 Å². The first kappa shape index (κ1) is 15.0. The van der Waals surface area contributed by atoms with Crippen LogP contribution in [0.4, 0.5) is 0 Å². The molecule has 0 aliphatic heterocycles. The largest absolute Gasteiger partial charge is 0.342 e. The van der Waals surface area contributed by atoms with Gasteiger partial charge in [-0.25, -0.2) is 13.4 Å². The lowest BCUT2D eigenvalue weighted by Gasteiger charge is -2.21. The third kappa shape index (κ3) is 3.46. The number of aryl methyl sites for hydroxylation is 1. The lowest BCUT2D eigenvalue weighted by atomic mass is 10.3. The summed E-state index contributed by atoms with van der Waals surface area (Å²) in [5.74, 6) is 0.309. The number of halogens is 1. The van der Waals surface area contributed by atoms with Crippen LogP contribution in [0.15, 0.2) is 11.2 Å². The van der Waals surface area contributed by atoms with Crippen molar-refractivity contribution in [1.29, 1.82) is 0 Å². The Balaban J connectivity index is 2.93. The third-order valence-electron chi connectivity index (χ3n) is 2.68. The number of imidazole rings is 1. The molecule has 0 saturated heterocycles. The molecule has 0 bridgehead atoms. The first-order chi connectivity index (χ1) is 8.12.